The fraction of sp³-hybridized carbons (Fsp3) is 0.750. The van der Waals surface area contributed by atoms with E-state index in [-0.39, 0.29) is 0 Å². The van der Waals surface area contributed by atoms with E-state index in [0.29, 0.717) is 5.92 Å². The van der Waals surface area contributed by atoms with Crippen molar-refractivity contribution in [3.63, 3.8) is 0 Å². The first-order valence-corrected chi connectivity index (χ1v) is 6.78. The topological polar surface area (TPSA) is 24.9 Å². The number of thiazole rings is 1. The number of hydrogen-bond donors (Lipinski definition) is 1. The molecule has 1 aliphatic carbocycles. The Morgan fingerprint density at radius 3 is 3.00 bits per heavy atom. The highest BCUT2D eigenvalue weighted by Crippen LogP contribution is 2.19. The Morgan fingerprint density at radius 1 is 1.53 bits per heavy atom. The average molecular weight is 224 g/mol. The van der Waals surface area contributed by atoms with E-state index >= 15 is 0 Å². The number of aromatic nitrogens is 1. The molecule has 15 heavy (non-hydrogen) atoms. The lowest BCUT2D eigenvalue weighted by Gasteiger charge is -2.00. The third-order valence-electron chi connectivity index (χ3n) is 2.57. The van der Waals surface area contributed by atoms with E-state index in [1.807, 2.05) is 11.3 Å². The summed E-state index contributed by atoms with van der Waals surface area (Å²) < 4.78 is 0. The van der Waals surface area contributed by atoms with E-state index in [2.05, 4.69) is 29.5 Å². The molecule has 0 unspecified atom stereocenters. The van der Waals surface area contributed by atoms with E-state index in [1.54, 1.807) is 0 Å². The maximum absolute atomic E-state index is 4.65. The molecular weight excluding hydrogens is 204 g/mol. The molecule has 0 radical (unpaired) electrons. The summed E-state index contributed by atoms with van der Waals surface area (Å²) in [6, 6.07) is 0.820. The predicted octanol–water partition coefficient (Wildman–Crippen LogP) is 2.64. The molecule has 2 nitrogen and oxygen atoms in total. The van der Waals surface area contributed by atoms with Crippen LogP contribution in [0.1, 0.15) is 37.4 Å². The Kier molecular flexibility index (Phi) is 3.76. The zero-order chi connectivity index (χ0) is 10.7. The second kappa shape index (κ2) is 5.08. The zero-order valence-electron chi connectivity index (χ0n) is 9.62. The van der Waals surface area contributed by atoms with Crippen LogP contribution in [0.25, 0.3) is 0 Å². The summed E-state index contributed by atoms with van der Waals surface area (Å²) in [7, 11) is 0. The highest BCUT2D eigenvalue weighted by atomic mass is 32.1. The molecule has 1 aliphatic rings. The molecule has 1 aromatic heterocycles. The van der Waals surface area contributed by atoms with Crippen molar-refractivity contribution in [1.82, 2.24) is 10.3 Å². The Labute approximate surface area is 96.1 Å². The van der Waals surface area contributed by atoms with Crippen LogP contribution in [-0.2, 0) is 12.8 Å². The highest BCUT2D eigenvalue weighted by molar-refractivity contribution is 7.09. The SMILES string of the molecule is CC(C)Cc1csc(CCNC2CC2)n1. The molecule has 0 amide bonds. The first-order chi connectivity index (χ1) is 7.24. The van der Waals surface area contributed by atoms with E-state index in [4.69, 9.17) is 0 Å². The van der Waals surface area contributed by atoms with Gasteiger partial charge in [-0.15, -0.1) is 11.3 Å². The van der Waals surface area contributed by atoms with Crippen LogP contribution in [-0.4, -0.2) is 17.6 Å². The van der Waals surface area contributed by atoms with Gasteiger partial charge in [0, 0.05) is 24.4 Å². The molecule has 1 aromatic rings. The van der Waals surface area contributed by atoms with Gasteiger partial charge >= 0.3 is 0 Å². The van der Waals surface area contributed by atoms with Gasteiger partial charge in [0.2, 0.25) is 0 Å². The van der Waals surface area contributed by atoms with Crippen molar-refractivity contribution >= 4 is 11.3 Å². The summed E-state index contributed by atoms with van der Waals surface area (Å²) >= 11 is 1.81. The molecule has 1 fully saturated rings. The van der Waals surface area contributed by atoms with Gasteiger partial charge in [-0.2, -0.15) is 0 Å². The van der Waals surface area contributed by atoms with Crippen molar-refractivity contribution in [2.45, 2.75) is 45.6 Å². The lowest BCUT2D eigenvalue weighted by Crippen LogP contribution is -2.19. The third kappa shape index (κ3) is 3.92. The van der Waals surface area contributed by atoms with E-state index < -0.39 is 0 Å². The molecule has 84 valence electrons. The summed E-state index contributed by atoms with van der Waals surface area (Å²) in [5.74, 6) is 0.713. The second-order valence-corrected chi connectivity index (χ2v) is 5.75. The molecule has 0 bridgehead atoms. The monoisotopic (exact) mass is 224 g/mol. The highest BCUT2D eigenvalue weighted by Gasteiger charge is 2.19. The Morgan fingerprint density at radius 2 is 2.33 bits per heavy atom. The lowest BCUT2D eigenvalue weighted by molar-refractivity contribution is 0.634. The van der Waals surface area contributed by atoms with Gasteiger partial charge in [-0.05, 0) is 25.2 Å². The fourth-order valence-corrected chi connectivity index (χ4v) is 2.46. The Hall–Kier alpha value is -0.410. The van der Waals surface area contributed by atoms with Crippen molar-refractivity contribution < 1.29 is 0 Å². The quantitative estimate of drug-likeness (QED) is 0.803. The van der Waals surface area contributed by atoms with Gasteiger partial charge in [0.25, 0.3) is 0 Å². The largest absolute Gasteiger partial charge is 0.314 e. The van der Waals surface area contributed by atoms with Crippen molar-refractivity contribution in [2.75, 3.05) is 6.54 Å². The van der Waals surface area contributed by atoms with Gasteiger partial charge in [-0.1, -0.05) is 13.8 Å². The average Bonchev–Trinajstić information content (AvgIpc) is 2.88. The van der Waals surface area contributed by atoms with E-state index in [1.165, 1.54) is 23.5 Å². The van der Waals surface area contributed by atoms with E-state index in [0.717, 1.165) is 25.4 Å². The van der Waals surface area contributed by atoms with Gasteiger partial charge in [0.05, 0.1) is 10.7 Å². The predicted molar refractivity (Wildman–Crippen MR) is 65.4 cm³/mol. The summed E-state index contributed by atoms with van der Waals surface area (Å²) in [6.07, 6.45) is 4.96. The van der Waals surface area contributed by atoms with Crippen LogP contribution in [0.2, 0.25) is 0 Å². The standard InChI is InChI=1S/C12H20N2S/c1-9(2)7-11-8-15-12(14-11)5-6-13-10-3-4-10/h8-10,13H,3-7H2,1-2H3. The minimum Gasteiger partial charge on any atom is -0.314 e. The first kappa shape index (κ1) is 11.1. The van der Waals surface area contributed by atoms with Crippen molar-refractivity contribution in [1.29, 1.82) is 0 Å². The van der Waals surface area contributed by atoms with Gasteiger partial charge in [0.1, 0.15) is 0 Å². The summed E-state index contributed by atoms with van der Waals surface area (Å²) in [6.45, 7) is 5.58. The maximum atomic E-state index is 4.65. The molecule has 1 saturated carbocycles. The fourth-order valence-electron chi connectivity index (χ4n) is 1.65. The molecule has 1 heterocycles. The van der Waals surface area contributed by atoms with Crippen LogP contribution < -0.4 is 5.32 Å². The first-order valence-electron chi connectivity index (χ1n) is 5.90. The molecule has 0 aromatic carbocycles. The van der Waals surface area contributed by atoms with Crippen molar-refractivity contribution in [2.24, 2.45) is 5.92 Å². The van der Waals surface area contributed by atoms with Gasteiger partial charge < -0.3 is 5.32 Å². The molecular formula is C12H20N2S. The summed E-state index contributed by atoms with van der Waals surface area (Å²) in [5, 5.41) is 7.03. The van der Waals surface area contributed by atoms with Crippen molar-refractivity contribution in [3.05, 3.63) is 16.1 Å². The van der Waals surface area contributed by atoms with E-state index in [9.17, 15) is 0 Å². The molecule has 3 heteroatoms. The van der Waals surface area contributed by atoms with Crippen LogP contribution in [0.5, 0.6) is 0 Å². The molecule has 2 rings (SSSR count). The lowest BCUT2D eigenvalue weighted by atomic mass is 10.1. The number of nitrogens with one attached hydrogen (secondary N) is 1. The smallest absolute Gasteiger partial charge is 0.0940 e. The molecule has 1 N–H and O–H groups in total. The second-order valence-electron chi connectivity index (χ2n) is 4.81. The number of rotatable bonds is 6. The maximum Gasteiger partial charge on any atom is 0.0940 e. The molecule has 0 spiro atoms. The Balaban J connectivity index is 1.73. The number of hydrogen-bond acceptors (Lipinski definition) is 3. The van der Waals surface area contributed by atoms with Crippen molar-refractivity contribution in [3.8, 4) is 0 Å². The molecule has 0 atom stereocenters. The van der Waals surface area contributed by atoms with Crippen LogP contribution in [0.15, 0.2) is 5.38 Å². The van der Waals surface area contributed by atoms with Crippen LogP contribution >= 0.6 is 11.3 Å². The Bertz CT molecular complexity index is 302. The molecule has 0 saturated heterocycles. The normalized spacial score (nSPS) is 16.2. The van der Waals surface area contributed by atoms with Gasteiger partial charge in [-0.25, -0.2) is 4.98 Å². The van der Waals surface area contributed by atoms with Gasteiger partial charge in [-0.3, -0.25) is 0 Å². The number of nitrogens with zero attached hydrogens (tertiary/aromatic N) is 1. The van der Waals surface area contributed by atoms with Crippen LogP contribution in [0.3, 0.4) is 0 Å². The summed E-state index contributed by atoms with van der Waals surface area (Å²) in [4.78, 5) is 4.65. The minimum absolute atomic E-state index is 0.713. The molecule has 0 aliphatic heterocycles. The zero-order valence-corrected chi connectivity index (χ0v) is 10.4. The minimum atomic E-state index is 0.713. The third-order valence-corrected chi connectivity index (χ3v) is 3.52. The van der Waals surface area contributed by atoms with Crippen LogP contribution in [0.4, 0.5) is 0 Å². The van der Waals surface area contributed by atoms with Gasteiger partial charge in [0.15, 0.2) is 0 Å². The summed E-state index contributed by atoms with van der Waals surface area (Å²) in [5.41, 5.74) is 1.27. The van der Waals surface area contributed by atoms with Crippen LogP contribution in [0, 0.1) is 5.92 Å².